The Hall–Kier alpha value is -1.10. The number of carbonyl (C=O) groups is 1. The van der Waals surface area contributed by atoms with Crippen molar-refractivity contribution in [3.8, 4) is 0 Å². The highest BCUT2D eigenvalue weighted by atomic mass is 35.5. The number of ether oxygens (including phenoxy) is 1. The fourth-order valence-corrected chi connectivity index (χ4v) is 2.85. The minimum Gasteiger partial charge on any atom is -0.364 e. The smallest absolute Gasteiger partial charge is 0.249 e. The van der Waals surface area contributed by atoms with Gasteiger partial charge in [0.25, 0.3) is 0 Å². The first-order valence-corrected chi connectivity index (χ1v) is 7.21. The molecule has 2 atom stereocenters. The Morgan fingerprint density at radius 3 is 2.43 bits per heavy atom. The molecule has 0 unspecified atom stereocenters. The van der Waals surface area contributed by atoms with E-state index in [-0.39, 0.29) is 30.5 Å². The van der Waals surface area contributed by atoms with Crippen molar-refractivity contribution in [3.05, 3.63) is 34.4 Å². The molecule has 0 aliphatic carbocycles. The molecule has 1 saturated heterocycles. The van der Waals surface area contributed by atoms with Crippen LogP contribution in [0.3, 0.4) is 0 Å². The third kappa shape index (κ3) is 4.43. The van der Waals surface area contributed by atoms with Gasteiger partial charge in [-0.2, -0.15) is 0 Å². The number of hydrogen-bond donors (Lipinski definition) is 2. The first-order valence-electron chi connectivity index (χ1n) is 7.21. The third-order valence-corrected chi connectivity index (χ3v) is 3.94. The van der Waals surface area contributed by atoms with Crippen LogP contribution in [-0.2, 0) is 16.1 Å². The molecule has 5 heteroatoms. The van der Waals surface area contributed by atoms with Gasteiger partial charge in [-0.3, -0.25) is 4.79 Å². The average molecular weight is 313 g/mol. The van der Waals surface area contributed by atoms with E-state index in [1.54, 1.807) is 0 Å². The molecule has 0 aromatic heterocycles. The summed E-state index contributed by atoms with van der Waals surface area (Å²) in [5.41, 5.74) is 10.4. The number of carbonyl (C=O) groups excluding carboxylic acids is 1. The van der Waals surface area contributed by atoms with Gasteiger partial charge in [0.15, 0.2) is 0 Å². The van der Waals surface area contributed by atoms with Gasteiger partial charge in [0.05, 0.1) is 6.10 Å². The summed E-state index contributed by atoms with van der Waals surface area (Å²) < 4.78 is 5.60. The zero-order valence-electron chi connectivity index (χ0n) is 12.9. The van der Waals surface area contributed by atoms with E-state index in [0.717, 1.165) is 12.8 Å². The molecule has 2 rings (SSSR count). The molecule has 1 amide bonds. The van der Waals surface area contributed by atoms with Crippen molar-refractivity contribution in [2.75, 3.05) is 6.54 Å². The minimum atomic E-state index is -0.338. The first-order chi connectivity index (χ1) is 9.51. The molecule has 1 aliphatic rings. The molecule has 0 bridgehead atoms. The van der Waals surface area contributed by atoms with Crippen LogP contribution in [0, 0.1) is 20.8 Å². The third-order valence-electron chi connectivity index (χ3n) is 3.94. The molecule has 0 radical (unpaired) electrons. The molecule has 0 spiro atoms. The van der Waals surface area contributed by atoms with Crippen molar-refractivity contribution >= 4 is 18.3 Å². The number of benzene rings is 1. The van der Waals surface area contributed by atoms with Gasteiger partial charge in [0, 0.05) is 13.1 Å². The van der Waals surface area contributed by atoms with Crippen molar-refractivity contribution in [1.82, 2.24) is 5.32 Å². The van der Waals surface area contributed by atoms with Crippen molar-refractivity contribution in [3.63, 3.8) is 0 Å². The van der Waals surface area contributed by atoms with Crippen LogP contribution in [0.25, 0.3) is 0 Å². The number of hydrogen-bond acceptors (Lipinski definition) is 3. The van der Waals surface area contributed by atoms with Crippen molar-refractivity contribution in [2.24, 2.45) is 5.73 Å². The Balaban J connectivity index is 0.00000220. The van der Waals surface area contributed by atoms with Crippen LogP contribution in [0.4, 0.5) is 0 Å². The van der Waals surface area contributed by atoms with E-state index < -0.39 is 0 Å². The molecular formula is C16H25ClN2O2. The Labute approximate surface area is 132 Å². The van der Waals surface area contributed by atoms with E-state index in [2.05, 4.69) is 38.2 Å². The number of nitrogens with two attached hydrogens (primary N) is 1. The van der Waals surface area contributed by atoms with Crippen LogP contribution in [0.5, 0.6) is 0 Å². The number of halogens is 1. The van der Waals surface area contributed by atoms with E-state index in [4.69, 9.17) is 10.5 Å². The summed E-state index contributed by atoms with van der Waals surface area (Å²) in [5, 5.41) is 2.98. The molecule has 118 valence electrons. The Bertz CT molecular complexity index is 482. The van der Waals surface area contributed by atoms with Crippen molar-refractivity contribution in [2.45, 2.75) is 52.4 Å². The summed E-state index contributed by atoms with van der Waals surface area (Å²) in [4.78, 5) is 12.1. The minimum absolute atomic E-state index is 0. The molecule has 1 aliphatic heterocycles. The molecule has 1 fully saturated rings. The number of rotatable bonds is 4. The van der Waals surface area contributed by atoms with E-state index in [1.807, 2.05) is 0 Å². The summed E-state index contributed by atoms with van der Waals surface area (Å²) >= 11 is 0. The summed E-state index contributed by atoms with van der Waals surface area (Å²) in [7, 11) is 0. The normalized spacial score (nSPS) is 21.0. The molecule has 1 aromatic rings. The zero-order valence-corrected chi connectivity index (χ0v) is 13.8. The average Bonchev–Trinajstić information content (AvgIpc) is 2.86. The fourth-order valence-electron chi connectivity index (χ4n) is 2.85. The van der Waals surface area contributed by atoms with E-state index >= 15 is 0 Å². The zero-order chi connectivity index (χ0) is 14.7. The van der Waals surface area contributed by atoms with Gasteiger partial charge in [-0.25, -0.2) is 0 Å². The highest BCUT2D eigenvalue weighted by Gasteiger charge is 2.29. The van der Waals surface area contributed by atoms with Gasteiger partial charge in [0.2, 0.25) is 5.91 Å². The SMILES string of the molecule is Cc1cc(C)c(CNC(=O)[C@@H]2CC[C@H](CN)O2)c(C)c1.Cl. The molecule has 1 heterocycles. The molecule has 21 heavy (non-hydrogen) atoms. The number of nitrogens with one attached hydrogen (secondary N) is 1. The second kappa shape index (κ2) is 7.78. The summed E-state index contributed by atoms with van der Waals surface area (Å²) in [6.45, 7) is 7.29. The van der Waals surface area contributed by atoms with Crippen molar-refractivity contribution in [1.29, 1.82) is 0 Å². The maximum absolute atomic E-state index is 12.1. The fraction of sp³-hybridized carbons (Fsp3) is 0.562. The van der Waals surface area contributed by atoms with Crippen LogP contribution in [0.2, 0.25) is 0 Å². The van der Waals surface area contributed by atoms with Crippen LogP contribution >= 0.6 is 12.4 Å². The second-order valence-electron chi connectivity index (χ2n) is 5.65. The molecule has 3 N–H and O–H groups in total. The molecule has 1 aromatic carbocycles. The summed E-state index contributed by atoms with van der Waals surface area (Å²) in [6.07, 6.45) is 1.33. The lowest BCUT2D eigenvalue weighted by Crippen LogP contribution is -2.35. The van der Waals surface area contributed by atoms with Gasteiger partial charge >= 0.3 is 0 Å². The maximum Gasteiger partial charge on any atom is 0.249 e. The number of aryl methyl sites for hydroxylation is 3. The largest absolute Gasteiger partial charge is 0.364 e. The molecular weight excluding hydrogens is 288 g/mol. The van der Waals surface area contributed by atoms with E-state index in [1.165, 1.54) is 22.3 Å². The molecule has 0 saturated carbocycles. The predicted molar refractivity (Wildman–Crippen MR) is 86.7 cm³/mol. The quantitative estimate of drug-likeness (QED) is 0.895. The Morgan fingerprint density at radius 2 is 1.90 bits per heavy atom. The van der Waals surface area contributed by atoms with Crippen LogP contribution < -0.4 is 11.1 Å². The Kier molecular flexibility index (Phi) is 6.65. The lowest BCUT2D eigenvalue weighted by atomic mass is 10.00. The van der Waals surface area contributed by atoms with Gasteiger partial charge in [-0.1, -0.05) is 17.7 Å². The monoisotopic (exact) mass is 312 g/mol. The lowest BCUT2D eigenvalue weighted by molar-refractivity contribution is -0.132. The first kappa shape index (κ1) is 18.0. The van der Waals surface area contributed by atoms with E-state index in [0.29, 0.717) is 13.1 Å². The van der Waals surface area contributed by atoms with Crippen LogP contribution in [0.15, 0.2) is 12.1 Å². The van der Waals surface area contributed by atoms with Gasteiger partial charge in [-0.05, 0) is 50.3 Å². The highest BCUT2D eigenvalue weighted by molar-refractivity contribution is 5.85. The summed E-state index contributed by atoms with van der Waals surface area (Å²) in [5.74, 6) is -0.0275. The van der Waals surface area contributed by atoms with Crippen LogP contribution in [0.1, 0.15) is 35.1 Å². The lowest BCUT2D eigenvalue weighted by Gasteiger charge is -2.15. The standard InChI is InChI=1S/C16H24N2O2.ClH/c1-10-6-11(2)14(12(3)7-10)9-18-16(19)15-5-4-13(8-17)20-15;/h6-7,13,15H,4-5,8-9,17H2,1-3H3,(H,18,19);1H/t13-,15+;/m1./s1. The topological polar surface area (TPSA) is 64.4 Å². The maximum atomic E-state index is 12.1. The van der Waals surface area contributed by atoms with Crippen molar-refractivity contribution < 1.29 is 9.53 Å². The van der Waals surface area contributed by atoms with Gasteiger partial charge < -0.3 is 15.8 Å². The second-order valence-corrected chi connectivity index (χ2v) is 5.65. The van der Waals surface area contributed by atoms with E-state index in [9.17, 15) is 4.79 Å². The Morgan fingerprint density at radius 1 is 1.29 bits per heavy atom. The molecule has 4 nitrogen and oxygen atoms in total. The number of amides is 1. The van der Waals surface area contributed by atoms with Crippen LogP contribution in [-0.4, -0.2) is 24.7 Å². The van der Waals surface area contributed by atoms with Gasteiger partial charge in [0.1, 0.15) is 6.10 Å². The summed E-state index contributed by atoms with van der Waals surface area (Å²) in [6, 6.07) is 4.29. The highest BCUT2D eigenvalue weighted by Crippen LogP contribution is 2.20. The van der Waals surface area contributed by atoms with Gasteiger partial charge in [-0.15, -0.1) is 12.4 Å². The predicted octanol–water partition coefficient (Wildman–Crippen LogP) is 2.16.